The molecule has 2 amide bonds. The Labute approximate surface area is 168 Å². The molecule has 2 heterocycles. The van der Waals surface area contributed by atoms with Crippen molar-refractivity contribution in [1.82, 2.24) is 20.4 Å². The Bertz CT molecular complexity index is 972. The number of amides is 2. The summed E-state index contributed by atoms with van der Waals surface area (Å²) in [7, 11) is 0. The van der Waals surface area contributed by atoms with E-state index in [-0.39, 0.29) is 24.3 Å². The number of nitrogens with one attached hydrogen (secondary N) is 1. The van der Waals surface area contributed by atoms with Crippen molar-refractivity contribution in [2.45, 2.75) is 25.3 Å². The van der Waals surface area contributed by atoms with Crippen molar-refractivity contribution in [3.8, 4) is 0 Å². The zero-order chi connectivity index (χ0) is 20.1. The molecule has 0 aliphatic carbocycles. The molecule has 0 saturated carbocycles. The maximum Gasteiger partial charge on any atom is 0.251 e. The van der Waals surface area contributed by atoms with Gasteiger partial charge in [-0.2, -0.15) is 4.98 Å². The van der Waals surface area contributed by atoms with E-state index in [1.807, 2.05) is 29.2 Å². The molecule has 1 unspecified atom stereocenters. The third kappa shape index (κ3) is 4.68. The van der Waals surface area contributed by atoms with E-state index >= 15 is 0 Å². The molecule has 2 aromatic carbocycles. The van der Waals surface area contributed by atoms with Crippen LogP contribution in [0.15, 0.2) is 65.2 Å². The summed E-state index contributed by atoms with van der Waals surface area (Å²) in [5.41, 5.74) is 1.78. The Kier molecular flexibility index (Phi) is 5.65. The molecule has 1 aliphatic rings. The number of benzene rings is 2. The second kappa shape index (κ2) is 8.68. The van der Waals surface area contributed by atoms with Crippen molar-refractivity contribution in [2.24, 2.45) is 0 Å². The first-order chi connectivity index (χ1) is 14.2. The summed E-state index contributed by atoms with van der Waals surface area (Å²) in [6, 6.07) is 19.1. The Hall–Kier alpha value is -3.48. The number of nitrogens with zero attached hydrogens (tertiary/aromatic N) is 3. The molecule has 1 atom stereocenters. The van der Waals surface area contributed by atoms with Crippen LogP contribution < -0.4 is 5.32 Å². The van der Waals surface area contributed by atoms with Crippen molar-refractivity contribution in [3.63, 3.8) is 0 Å². The number of rotatable bonds is 7. The first kappa shape index (κ1) is 18.9. The Morgan fingerprint density at radius 3 is 2.59 bits per heavy atom. The monoisotopic (exact) mass is 390 g/mol. The lowest BCUT2D eigenvalue weighted by Crippen LogP contribution is -2.27. The quantitative estimate of drug-likeness (QED) is 0.670. The molecule has 7 nitrogen and oxygen atoms in total. The standard InChI is InChI=1S/C22H22N4O3/c27-20-13-18(15-26(20)12-11-16-7-3-1-4-8-16)21-24-19(29-25-21)14-23-22(28)17-9-5-2-6-10-17/h1-10,18H,11-15H2,(H,23,28). The van der Waals surface area contributed by atoms with Gasteiger partial charge in [-0.25, -0.2) is 0 Å². The number of carbonyl (C=O) groups excluding carboxylic acids is 2. The van der Waals surface area contributed by atoms with E-state index in [0.29, 0.717) is 36.8 Å². The predicted molar refractivity (Wildman–Crippen MR) is 106 cm³/mol. The van der Waals surface area contributed by atoms with Crippen LogP contribution in [0.4, 0.5) is 0 Å². The molecule has 7 heteroatoms. The van der Waals surface area contributed by atoms with Crippen molar-refractivity contribution in [2.75, 3.05) is 13.1 Å². The molecule has 0 bridgehead atoms. The van der Waals surface area contributed by atoms with Crippen molar-refractivity contribution in [1.29, 1.82) is 0 Å². The van der Waals surface area contributed by atoms with Crippen molar-refractivity contribution in [3.05, 3.63) is 83.5 Å². The second-order valence-corrected chi connectivity index (χ2v) is 7.07. The lowest BCUT2D eigenvalue weighted by Gasteiger charge is -2.15. The fourth-order valence-electron chi connectivity index (χ4n) is 3.42. The van der Waals surface area contributed by atoms with Crippen LogP contribution in [0, 0.1) is 0 Å². The normalized spacial score (nSPS) is 16.2. The lowest BCUT2D eigenvalue weighted by atomic mass is 10.1. The number of aromatic nitrogens is 2. The molecule has 1 N–H and O–H groups in total. The van der Waals surface area contributed by atoms with E-state index in [1.54, 1.807) is 24.3 Å². The fourth-order valence-corrected chi connectivity index (χ4v) is 3.42. The minimum absolute atomic E-state index is 0.0828. The number of likely N-dealkylation sites (tertiary alicyclic amines) is 1. The molecule has 3 aromatic rings. The minimum Gasteiger partial charge on any atom is -0.343 e. The molecule has 0 spiro atoms. The number of hydrogen-bond donors (Lipinski definition) is 1. The largest absolute Gasteiger partial charge is 0.343 e. The minimum atomic E-state index is -0.200. The summed E-state index contributed by atoms with van der Waals surface area (Å²) in [6.45, 7) is 1.41. The van der Waals surface area contributed by atoms with Crippen LogP contribution in [0.25, 0.3) is 0 Å². The summed E-state index contributed by atoms with van der Waals surface area (Å²) in [6.07, 6.45) is 1.20. The van der Waals surface area contributed by atoms with Gasteiger partial charge in [-0.3, -0.25) is 9.59 Å². The predicted octanol–water partition coefficient (Wildman–Crippen LogP) is 2.56. The molecule has 1 fully saturated rings. The van der Waals surface area contributed by atoms with E-state index in [9.17, 15) is 9.59 Å². The van der Waals surface area contributed by atoms with Crippen molar-refractivity contribution >= 4 is 11.8 Å². The topological polar surface area (TPSA) is 88.3 Å². The van der Waals surface area contributed by atoms with Gasteiger partial charge in [0.05, 0.1) is 6.54 Å². The summed E-state index contributed by atoms with van der Waals surface area (Å²) in [5, 5.41) is 6.78. The van der Waals surface area contributed by atoms with E-state index < -0.39 is 0 Å². The van der Waals surface area contributed by atoms with Gasteiger partial charge in [-0.1, -0.05) is 53.7 Å². The van der Waals surface area contributed by atoms with Gasteiger partial charge < -0.3 is 14.7 Å². The van der Waals surface area contributed by atoms with Gasteiger partial charge in [0.15, 0.2) is 5.82 Å². The van der Waals surface area contributed by atoms with Gasteiger partial charge in [-0.15, -0.1) is 0 Å². The van der Waals surface area contributed by atoms with Crippen LogP contribution in [-0.4, -0.2) is 39.9 Å². The molecule has 29 heavy (non-hydrogen) atoms. The first-order valence-electron chi connectivity index (χ1n) is 9.66. The highest BCUT2D eigenvalue weighted by Crippen LogP contribution is 2.26. The number of hydrogen-bond acceptors (Lipinski definition) is 5. The van der Waals surface area contributed by atoms with Crippen LogP contribution >= 0.6 is 0 Å². The van der Waals surface area contributed by atoms with Gasteiger partial charge >= 0.3 is 0 Å². The third-order valence-electron chi connectivity index (χ3n) is 5.01. The molecular formula is C22H22N4O3. The summed E-state index contributed by atoms with van der Waals surface area (Å²) >= 11 is 0. The van der Waals surface area contributed by atoms with Gasteiger partial charge in [0.2, 0.25) is 11.8 Å². The average molecular weight is 390 g/mol. The average Bonchev–Trinajstić information content (AvgIpc) is 3.38. The SMILES string of the molecule is O=C(NCc1nc(C2CC(=O)N(CCc3ccccc3)C2)no1)c1ccccc1. The van der Waals surface area contributed by atoms with Crippen LogP contribution in [0.3, 0.4) is 0 Å². The number of carbonyl (C=O) groups is 2. The molecule has 4 rings (SSSR count). The smallest absolute Gasteiger partial charge is 0.251 e. The van der Waals surface area contributed by atoms with Gasteiger partial charge in [-0.05, 0) is 24.1 Å². The second-order valence-electron chi connectivity index (χ2n) is 7.07. The summed E-state index contributed by atoms with van der Waals surface area (Å²) in [4.78, 5) is 30.7. The molecule has 0 radical (unpaired) electrons. The summed E-state index contributed by atoms with van der Waals surface area (Å²) in [5.74, 6) is 0.674. The maximum atomic E-state index is 12.3. The van der Waals surface area contributed by atoms with Gasteiger partial charge in [0.25, 0.3) is 5.91 Å². The van der Waals surface area contributed by atoms with Crippen LogP contribution in [0.1, 0.15) is 40.0 Å². The van der Waals surface area contributed by atoms with E-state index in [4.69, 9.17) is 4.52 Å². The van der Waals surface area contributed by atoms with Gasteiger partial charge in [0.1, 0.15) is 0 Å². The lowest BCUT2D eigenvalue weighted by molar-refractivity contribution is -0.127. The first-order valence-corrected chi connectivity index (χ1v) is 9.66. The third-order valence-corrected chi connectivity index (χ3v) is 5.01. The highest BCUT2D eigenvalue weighted by atomic mass is 16.5. The zero-order valence-electron chi connectivity index (χ0n) is 16.0. The zero-order valence-corrected chi connectivity index (χ0v) is 16.0. The van der Waals surface area contributed by atoms with E-state index in [2.05, 4.69) is 27.6 Å². The summed E-state index contributed by atoms with van der Waals surface area (Å²) < 4.78 is 5.26. The molecular weight excluding hydrogens is 368 g/mol. The maximum absolute atomic E-state index is 12.3. The molecule has 1 aliphatic heterocycles. The van der Waals surface area contributed by atoms with Crippen LogP contribution in [0.2, 0.25) is 0 Å². The van der Waals surface area contributed by atoms with E-state index in [1.165, 1.54) is 5.56 Å². The van der Waals surface area contributed by atoms with E-state index in [0.717, 1.165) is 6.42 Å². The highest BCUT2D eigenvalue weighted by molar-refractivity contribution is 5.93. The van der Waals surface area contributed by atoms with Crippen LogP contribution in [0.5, 0.6) is 0 Å². The Morgan fingerprint density at radius 2 is 1.83 bits per heavy atom. The highest BCUT2D eigenvalue weighted by Gasteiger charge is 2.33. The van der Waals surface area contributed by atoms with Crippen molar-refractivity contribution < 1.29 is 14.1 Å². The van der Waals surface area contributed by atoms with Crippen LogP contribution in [-0.2, 0) is 17.8 Å². The Morgan fingerprint density at radius 1 is 1.10 bits per heavy atom. The Balaban J connectivity index is 1.30. The fraction of sp³-hybridized carbons (Fsp3) is 0.273. The molecule has 1 aromatic heterocycles. The molecule has 1 saturated heterocycles. The van der Waals surface area contributed by atoms with Gasteiger partial charge in [0, 0.05) is 31.0 Å². The molecule has 148 valence electrons.